The topological polar surface area (TPSA) is 50.1 Å². The molecule has 0 bridgehead atoms. The largest absolute Gasteiger partial charge is 0.465 e. The normalized spacial score (nSPS) is 12.4. The van der Waals surface area contributed by atoms with E-state index in [0.717, 1.165) is 31.6 Å². The number of ether oxygens (including phenoxy) is 1. The van der Waals surface area contributed by atoms with Gasteiger partial charge in [-0.25, -0.2) is 0 Å². The van der Waals surface area contributed by atoms with Crippen LogP contribution in [0, 0.1) is 29.1 Å². The zero-order valence-corrected chi connectivity index (χ0v) is 13.7. The molecule has 0 N–H and O–H groups in total. The first-order valence-electron chi connectivity index (χ1n) is 8.03. The molecule has 0 aliphatic carbocycles. The van der Waals surface area contributed by atoms with Crippen LogP contribution in [-0.2, 0) is 9.53 Å². The third kappa shape index (κ3) is 10.8. The highest BCUT2D eigenvalue weighted by Crippen LogP contribution is 2.14. The van der Waals surface area contributed by atoms with Crippen molar-refractivity contribution in [1.82, 2.24) is 0 Å². The molecule has 0 amide bonds. The van der Waals surface area contributed by atoms with Crippen LogP contribution >= 0.6 is 0 Å². The fraction of sp³-hybridized carbons (Fsp3) is 0.882. The number of nitrogens with zero attached hydrogens (tertiary/aromatic N) is 1. The summed E-state index contributed by atoms with van der Waals surface area (Å²) in [5.74, 6) is 0.447. The summed E-state index contributed by atoms with van der Waals surface area (Å²) >= 11 is 0. The minimum Gasteiger partial charge on any atom is -0.465 e. The summed E-state index contributed by atoms with van der Waals surface area (Å²) in [7, 11) is 0. The van der Waals surface area contributed by atoms with Crippen molar-refractivity contribution in [2.75, 3.05) is 6.61 Å². The van der Waals surface area contributed by atoms with Crippen molar-refractivity contribution in [3.05, 3.63) is 0 Å². The lowest BCUT2D eigenvalue weighted by molar-refractivity contribution is -0.146. The Morgan fingerprint density at radius 1 is 0.950 bits per heavy atom. The summed E-state index contributed by atoms with van der Waals surface area (Å²) in [5, 5.41) is 9.04. The molecular formula is C17H31NO2. The maximum Gasteiger partial charge on any atom is 0.323 e. The van der Waals surface area contributed by atoms with E-state index in [2.05, 4.69) is 33.8 Å². The molecule has 0 saturated heterocycles. The molecule has 0 heterocycles. The zero-order chi connectivity index (χ0) is 15.4. The lowest BCUT2D eigenvalue weighted by atomic mass is 10.00. The molecular weight excluding hydrogens is 250 g/mol. The van der Waals surface area contributed by atoms with E-state index in [4.69, 9.17) is 10.00 Å². The van der Waals surface area contributed by atoms with E-state index in [1.165, 1.54) is 12.8 Å². The van der Waals surface area contributed by atoms with Gasteiger partial charge in [0.25, 0.3) is 0 Å². The first kappa shape index (κ1) is 19.0. The lowest BCUT2D eigenvalue weighted by Crippen LogP contribution is -2.17. The number of carbonyl (C=O) groups is 1. The molecule has 3 heteroatoms. The Balaban J connectivity index is 3.73. The smallest absolute Gasteiger partial charge is 0.323 e. The number of carbonyl (C=O) groups excluding carboxylic acids is 1. The Morgan fingerprint density at radius 3 is 2.05 bits per heavy atom. The average Bonchev–Trinajstić information content (AvgIpc) is 2.38. The van der Waals surface area contributed by atoms with Gasteiger partial charge >= 0.3 is 5.97 Å². The van der Waals surface area contributed by atoms with Gasteiger partial charge in [0.2, 0.25) is 0 Å². The average molecular weight is 281 g/mol. The van der Waals surface area contributed by atoms with Crippen molar-refractivity contribution in [2.45, 2.75) is 72.6 Å². The minimum atomic E-state index is -0.576. The van der Waals surface area contributed by atoms with Crippen LogP contribution in [0.4, 0.5) is 0 Å². The van der Waals surface area contributed by atoms with E-state index in [1.54, 1.807) is 0 Å². The molecule has 0 aliphatic heterocycles. The molecule has 116 valence electrons. The zero-order valence-electron chi connectivity index (χ0n) is 13.7. The predicted molar refractivity (Wildman–Crippen MR) is 82.1 cm³/mol. The molecule has 20 heavy (non-hydrogen) atoms. The predicted octanol–water partition coefficient (Wildman–Crippen LogP) is 4.71. The van der Waals surface area contributed by atoms with Gasteiger partial charge in [0.1, 0.15) is 5.92 Å². The number of hydrogen-bond donors (Lipinski definition) is 0. The van der Waals surface area contributed by atoms with Crippen LogP contribution in [0.15, 0.2) is 0 Å². The van der Waals surface area contributed by atoms with E-state index >= 15 is 0 Å². The summed E-state index contributed by atoms with van der Waals surface area (Å²) in [6.07, 6.45) is 7.01. The highest BCUT2D eigenvalue weighted by Gasteiger charge is 2.18. The van der Waals surface area contributed by atoms with Gasteiger partial charge in [-0.15, -0.1) is 0 Å². The van der Waals surface area contributed by atoms with Gasteiger partial charge in [-0.3, -0.25) is 4.79 Å². The maximum absolute atomic E-state index is 11.7. The number of hydrogen-bond acceptors (Lipinski definition) is 3. The van der Waals surface area contributed by atoms with E-state index in [0.29, 0.717) is 18.9 Å². The molecule has 3 nitrogen and oxygen atoms in total. The Labute approximate surface area is 124 Å². The Kier molecular flexibility index (Phi) is 11.1. The third-order valence-electron chi connectivity index (χ3n) is 3.38. The fourth-order valence-corrected chi connectivity index (χ4v) is 2.08. The summed E-state index contributed by atoms with van der Waals surface area (Å²) in [6, 6.07) is 2.08. The van der Waals surface area contributed by atoms with Crippen LogP contribution in [0.2, 0.25) is 0 Å². The van der Waals surface area contributed by atoms with Crippen molar-refractivity contribution in [1.29, 1.82) is 5.26 Å². The molecule has 0 radical (unpaired) electrons. The molecule has 0 saturated carbocycles. The van der Waals surface area contributed by atoms with Crippen LogP contribution in [0.1, 0.15) is 72.6 Å². The monoisotopic (exact) mass is 281 g/mol. The minimum absolute atomic E-state index is 0.333. The Bertz CT molecular complexity index is 292. The van der Waals surface area contributed by atoms with Crippen LogP contribution in [0.3, 0.4) is 0 Å². The van der Waals surface area contributed by atoms with E-state index < -0.39 is 5.92 Å². The standard InChI is InChI=1S/C17H31NO2/c1-14(2)9-6-5-7-11-16(13-18)17(19)20-12-8-10-15(3)4/h14-16H,5-12H2,1-4H3. The second-order valence-corrected chi connectivity index (χ2v) is 6.42. The first-order chi connectivity index (χ1) is 9.47. The Hall–Kier alpha value is -1.04. The van der Waals surface area contributed by atoms with Gasteiger partial charge in [0, 0.05) is 0 Å². The SMILES string of the molecule is CC(C)CCCCCC(C#N)C(=O)OCCCC(C)C. The van der Waals surface area contributed by atoms with Gasteiger partial charge in [0.15, 0.2) is 0 Å². The summed E-state index contributed by atoms with van der Waals surface area (Å²) < 4.78 is 5.18. The molecule has 0 fully saturated rings. The second-order valence-electron chi connectivity index (χ2n) is 6.42. The molecule has 0 spiro atoms. The van der Waals surface area contributed by atoms with E-state index in [-0.39, 0.29) is 5.97 Å². The van der Waals surface area contributed by atoms with Crippen molar-refractivity contribution in [2.24, 2.45) is 17.8 Å². The third-order valence-corrected chi connectivity index (χ3v) is 3.38. The number of nitriles is 1. The van der Waals surface area contributed by atoms with Crippen molar-refractivity contribution in [3.8, 4) is 6.07 Å². The maximum atomic E-state index is 11.7. The van der Waals surface area contributed by atoms with Crippen LogP contribution in [0.5, 0.6) is 0 Å². The van der Waals surface area contributed by atoms with Crippen molar-refractivity contribution < 1.29 is 9.53 Å². The van der Waals surface area contributed by atoms with Gasteiger partial charge in [-0.05, 0) is 31.1 Å². The first-order valence-corrected chi connectivity index (χ1v) is 8.03. The molecule has 0 aromatic rings. The van der Waals surface area contributed by atoms with Gasteiger partial charge in [-0.1, -0.05) is 53.4 Å². The Morgan fingerprint density at radius 2 is 1.50 bits per heavy atom. The van der Waals surface area contributed by atoms with E-state index in [9.17, 15) is 4.79 Å². The number of rotatable bonds is 11. The molecule has 0 aromatic carbocycles. The van der Waals surface area contributed by atoms with Crippen molar-refractivity contribution >= 4 is 5.97 Å². The molecule has 1 atom stereocenters. The fourth-order valence-electron chi connectivity index (χ4n) is 2.08. The second kappa shape index (κ2) is 11.8. The van der Waals surface area contributed by atoms with Gasteiger partial charge < -0.3 is 4.74 Å². The number of unbranched alkanes of at least 4 members (excludes halogenated alkanes) is 2. The summed E-state index contributed by atoms with van der Waals surface area (Å²) in [4.78, 5) is 11.7. The van der Waals surface area contributed by atoms with Crippen LogP contribution < -0.4 is 0 Å². The molecule has 0 aliphatic rings. The van der Waals surface area contributed by atoms with Crippen molar-refractivity contribution in [3.63, 3.8) is 0 Å². The summed E-state index contributed by atoms with van der Waals surface area (Å²) in [6.45, 7) is 9.18. The van der Waals surface area contributed by atoms with Crippen LogP contribution in [0.25, 0.3) is 0 Å². The summed E-state index contributed by atoms with van der Waals surface area (Å²) in [5.41, 5.74) is 0. The van der Waals surface area contributed by atoms with Gasteiger partial charge in [0.05, 0.1) is 12.7 Å². The van der Waals surface area contributed by atoms with Crippen LogP contribution in [-0.4, -0.2) is 12.6 Å². The highest BCUT2D eigenvalue weighted by atomic mass is 16.5. The van der Waals surface area contributed by atoms with Gasteiger partial charge in [-0.2, -0.15) is 5.26 Å². The molecule has 0 rings (SSSR count). The molecule has 0 aromatic heterocycles. The highest BCUT2D eigenvalue weighted by molar-refractivity contribution is 5.75. The quantitative estimate of drug-likeness (QED) is 0.407. The number of esters is 1. The lowest BCUT2D eigenvalue weighted by Gasteiger charge is -2.10. The van der Waals surface area contributed by atoms with E-state index in [1.807, 2.05) is 0 Å². The molecule has 1 unspecified atom stereocenters.